The number of nitrogens with two attached hydrogens (primary N) is 1. The summed E-state index contributed by atoms with van der Waals surface area (Å²) in [4.78, 5) is 11.0. The lowest BCUT2D eigenvalue weighted by molar-refractivity contribution is -0.144. The molecule has 1 unspecified atom stereocenters. The zero-order valence-electron chi connectivity index (χ0n) is 18.6. The van der Waals surface area contributed by atoms with Crippen LogP contribution in [-0.4, -0.2) is 34.3 Å². The Balaban J connectivity index is 1.67. The molecule has 8 nitrogen and oxygen atoms in total. The number of alkyl halides is 3. The molecule has 0 amide bonds. The normalized spacial score (nSPS) is 12.8. The molecule has 0 radical (unpaired) electrons. The average Bonchev–Trinajstić information content (AvgIpc) is 3.44. The Labute approximate surface area is 210 Å². The molecule has 13 heteroatoms. The molecule has 4 heterocycles. The fraction of sp³-hybridized carbons (Fsp3) is 0.174. The molecule has 0 bridgehead atoms. The van der Waals surface area contributed by atoms with Crippen LogP contribution in [-0.2, 0) is 6.18 Å². The Morgan fingerprint density at radius 3 is 2.44 bits per heavy atom. The van der Waals surface area contributed by atoms with Gasteiger partial charge in [-0.15, -0.1) is 0 Å². The van der Waals surface area contributed by atoms with Crippen LogP contribution in [0.5, 0.6) is 0 Å². The predicted octanol–water partition coefficient (Wildman–Crippen LogP) is 5.42. The summed E-state index contributed by atoms with van der Waals surface area (Å²) in [5.74, 6) is -1.82. The van der Waals surface area contributed by atoms with Crippen molar-refractivity contribution in [1.29, 1.82) is 0 Å². The lowest BCUT2D eigenvalue weighted by Gasteiger charge is -2.14. The first-order valence-electron chi connectivity index (χ1n) is 10.7. The largest absolute Gasteiger partial charge is 0.451 e. The van der Waals surface area contributed by atoms with Gasteiger partial charge in [0.1, 0.15) is 23.3 Å². The van der Waals surface area contributed by atoms with Gasteiger partial charge in [-0.2, -0.15) is 23.4 Å². The monoisotopic (exact) mass is 560 g/mol. The molecule has 0 spiro atoms. The number of benzene rings is 1. The summed E-state index contributed by atoms with van der Waals surface area (Å²) in [6.07, 6.45) is 2.76. The predicted molar refractivity (Wildman–Crippen MR) is 127 cm³/mol. The van der Waals surface area contributed by atoms with Crippen LogP contribution in [0.3, 0.4) is 0 Å². The highest BCUT2D eigenvalue weighted by molar-refractivity contribution is 9.10. The number of rotatable bonds is 5. The molecule has 5 rings (SSSR count). The van der Waals surface area contributed by atoms with Crippen molar-refractivity contribution in [3.05, 3.63) is 82.8 Å². The first-order chi connectivity index (χ1) is 17.2. The maximum Gasteiger partial charge on any atom is 0.451 e. The molecule has 36 heavy (non-hydrogen) atoms. The minimum Gasteiger partial charge on any atom is -0.382 e. The number of hydrogen-bond acceptors (Lipinski definition) is 6. The van der Waals surface area contributed by atoms with Gasteiger partial charge in [-0.25, -0.2) is 28.5 Å². The SMILES string of the molecule is CCC(c1cnn(-c2ccccc2F)c1)c1c(Br)c(-c2cnc(C(F)(F)F)nc2)c2c(N)ncnn12. The highest BCUT2D eigenvalue weighted by Crippen LogP contribution is 2.44. The van der Waals surface area contributed by atoms with E-state index in [0.717, 1.165) is 18.0 Å². The van der Waals surface area contributed by atoms with Gasteiger partial charge in [0.05, 0.1) is 11.9 Å². The topological polar surface area (TPSA) is 99.8 Å². The van der Waals surface area contributed by atoms with E-state index in [1.54, 1.807) is 35.1 Å². The third kappa shape index (κ3) is 3.98. The molecule has 5 aromatic rings. The summed E-state index contributed by atoms with van der Waals surface area (Å²) in [5, 5.41) is 8.70. The Morgan fingerprint density at radius 1 is 1.06 bits per heavy atom. The second kappa shape index (κ2) is 8.97. The number of fused-ring (bicyclic) bond motifs is 1. The Kier molecular flexibility index (Phi) is 5.94. The zero-order valence-corrected chi connectivity index (χ0v) is 20.2. The van der Waals surface area contributed by atoms with E-state index in [-0.39, 0.29) is 11.7 Å². The van der Waals surface area contributed by atoms with Crippen LogP contribution in [0.15, 0.2) is 59.9 Å². The Bertz CT molecular complexity index is 1560. The van der Waals surface area contributed by atoms with Gasteiger partial charge < -0.3 is 5.73 Å². The zero-order chi connectivity index (χ0) is 25.6. The van der Waals surface area contributed by atoms with Crippen LogP contribution in [0.25, 0.3) is 22.3 Å². The molecule has 0 saturated heterocycles. The summed E-state index contributed by atoms with van der Waals surface area (Å²) in [7, 11) is 0. The molecule has 0 aliphatic rings. The number of nitrogens with zero attached hydrogens (tertiary/aromatic N) is 7. The lowest BCUT2D eigenvalue weighted by Crippen LogP contribution is -2.10. The van der Waals surface area contributed by atoms with Gasteiger partial charge in [-0.1, -0.05) is 19.1 Å². The van der Waals surface area contributed by atoms with Crippen molar-refractivity contribution in [2.45, 2.75) is 25.4 Å². The van der Waals surface area contributed by atoms with Gasteiger partial charge in [-0.05, 0) is 40.0 Å². The molecule has 1 aromatic carbocycles. The van der Waals surface area contributed by atoms with E-state index in [1.165, 1.54) is 17.1 Å². The average molecular weight is 561 g/mol. The summed E-state index contributed by atoms with van der Waals surface area (Å²) >= 11 is 3.62. The minimum atomic E-state index is -4.67. The van der Waals surface area contributed by atoms with Crippen molar-refractivity contribution in [3.8, 4) is 16.8 Å². The summed E-state index contributed by atoms with van der Waals surface area (Å²) < 4.78 is 56.9. The third-order valence-corrected chi connectivity index (χ3v) is 6.57. The minimum absolute atomic E-state index is 0.128. The molecule has 1 atom stereocenters. The van der Waals surface area contributed by atoms with Crippen LogP contribution in [0.1, 0.15) is 36.3 Å². The van der Waals surface area contributed by atoms with Gasteiger partial charge in [0.25, 0.3) is 0 Å². The third-order valence-electron chi connectivity index (χ3n) is 5.76. The van der Waals surface area contributed by atoms with E-state index >= 15 is 0 Å². The van der Waals surface area contributed by atoms with E-state index in [9.17, 15) is 17.6 Å². The van der Waals surface area contributed by atoms with E-state index in [0.29, 0.717) is 38.9 Å². The maximum absolute atomic E-state index is 14.3. The molecule has 184 valence electrons. The van der Waals surface area contributed by atoms with Crippen LogP contribution in [0.2, 0.25) is 0 Å². The van der Waals surface area contributed by atoms with E-state index in [4.69, 9.17) is 5.73 Å². The summed E-state index contributed by atoms with van der Waals surface area (Å²) in [6, 6.07) is 6.28. The van der Waals surface area contributed by atoms with Crippen molar-refractivity contribution < 1.29 is 17.6 Å². The molecule has 0 fully saturated rings. The number of hydrogen-bond donors (Lipinski definition) is 1. The molecule has 0 saturated carbocycles. The molecule has 0 aliphatic heterocycles. The highest BCUT2D eigenvalue weighted by Gasteiger charge is 2.35. The van der Waals surface area contributed by atoms with Crippen molar-refractivity contribution in [1.82, 2.24) is 34.3 Å². The Morgan fingerprint density at radius 2 is 1.78 bits per heavy atom. The standard InChI is InChI=1S/C23H17BrF4N8/c1-2-14(13-9-33-35(10-13)16-6-4-3-5-15(16)25)19-18(24)17(20-21(29)32-11-34-36(19)20)12-7-30-22(31-8-12)23(26,27)28/h3-11,14H,2H2,1H3,(H2,29,32,34). The van der Waals surface area contributed by atoms with Gasteiger partial charge in [0, 0.05) is 40.1 Å². The van der Waals surface area contributed by atoms with Gasteiger partial charge >= 0.3 is 6.18 Å². The summed E-state index contributed by atoms with van der Waals surface area (Å²) in [6.45, 7) is 1.96. The smallest absolute Gasteiger partial charge is 0.382 e. The van der Waals surface area contributed by atoms with Crippen molar-refractivity contribution in [2.75, 3.05) is 5.73 Å². The first-order valence-corrected chi connectivity index (χ1v) is 11.5. The first kappa shape index (κ1) is 23.9. The van der Waals surface area contributed by atoms with Crippen molar-refractivity contribution in [2.24, 2.45) is 0 Å². The van der Waals surface area contributed by atoms with E-state index in [2.05, 4.69) is 41.1 Å². The second-order valence-electron chi connectivity index (χ2n) is 7.90. The number of para-hydroxylation sites is 1. The molecule has 0 aliphatic carbocycles. The number of anilines is 1. The Hall–Kier alpha value is -3.87. The van der Waals surface area contributed by atoms with Crippen LogP contribution < -0.4 is 5.73 Å². The quantitative estimate of drug-likeness (QED) is 0.288. The van der Waals surface area contributed by atoms with Gasteiger partial charge in [-0.3, -0.25) is 0 Å². The molecular weight excluding hydrogens is 544 g/mol. The lowest BCUT2D eigenvalue weighted by atomic mass is 9.95. The molecular formula is C23H17BrF4N8. The summed E-state index contributed by atoms with van der Waals surface area (Å²) in [5.41, 5.74) is 9.07. The number of halogens is 5. The molecule has 4 aromatic heterocycles. The highest BCUT2D eigenvalue weighted by atomic mass is 79.9. The van der Waals surface area contributed by atoms with E-state index in [1.807, 2.05) is 6.92 Å². The number of nitrogen functional groups attached to an aromatic ring is 1. The van der Waals surface area contributed by atoms with Crippen LogP contribution in [0.4, 0.5) is 23.4 Å². The second-order valence-corrected chi connectivity index (χ2v) is 8.70. The van der Waals surface area contributed by atoms with Crippen LogP contribution in [0, 0.1) is 5.82 Å². The van der Waals surface area contributed by atoms with Gasteiger partial charge in [0.2, 0.25) is 5.82 Å². The number of aromatic nitrogens is 7. The maximum atomic E-state index is 14.3. The fourth-order valence-corrected chi connectivity index (χ4v) is 5.01. The van der Waals surface area contributed by atoms with Crippen molar-refractivity contribution >= 4 is 27.3 Å². The van der Waals surface area contributed by atoms with Gasteiger partial charge in [0.15, 0.2) is 5.82 Å². The van der Waals surface area contributed by atoms with Crippen molar-refractivity contribution in [3.63, 3.8) is 0 Å². The fourth-order valence-electron chi connectivity index (χ4n) is 4.15. The molecule has 2 N–H and O–H groups in total. The van der Waals surface area contributed by atoms with Crippen LogP contribution >= 0.6 is 15.9 Å². The van der Waals surface area contributed by atoms with E-state index < -0.39 is 17.8 Å².